The van der Waals surface area contributed by atoms with Crippen molar-refractivity contribution in [3.05, 3.63) is 40.0 Å². The Labute approximate surface area is 106 Å². The van der Waals surface area contributed by atoms with Gasteiger partial charge in [0.25, 0.3) is 0 Å². The number of rotatable bonds is 2. The van der Waals surface area contributed by atoms with Crippen LogP contribution in [0.15, 0.2) is 28.7 Å². The third kappa shape index (κ3) is 2.30. The van der Waals surface area contributed by atoms with Crippen LogP contribution in [0.3, 0.4) is 0 Å². The van der Waals surface area contributed by atoms with E-state index in [4.69, 9.17) is 0 Å². The topological polar surface area (TPSA) is 59.4 Å². The number of pyridine rings is 1. The van der Waals surface area contributed by atoms with E-state index in [2.05, 4.69) is 25.7 Å². The third-order valence-electron chi connectivity index (χ3n) is 2.42. The van der Waals surface area contributed by atoms with Crippen LogP contribution in [0.1, 0.15) is 16.1 Å². The molecule has 0 aliphatic carbocycles. The van der Waals surface area contributed by atoms with Crippen molar-refractivity contribution in [2.24, 2.45) is 0 Å². The molecule has 0 fully saturated rings. The number of hydrogen-bond donors (Lipinski definition) is 1. The van der Waals surface area contributed by atoms with Gasteiger partial charge in [-0.3, -0.25) is 0 Å². The van der Waals surface area contributed by atoms with Crippen LogP contribution >= 0.6 is 15.9 Å². The maximum atomic E-state index is 11.4. The van der Waals surface area contributed by atoms with Crippen LogP contribution in [0.4, 0.5) is 0 Å². The van der Waals surface area contributed by atoms with E-state index in [0.717, 1.165) is 9.86 Å². The minimum Gasteiger partial charge on any atom is -0.464 e. The van der Waals surface area contributed by atoms with Crippen LogP contribution in [0.2, 0.25) is 0 Å². The van der Waals surface area contributed by atoms with Crippen LogP contribution in [0.5, 0.6) is 0 Å². The average Bonchev–Trinajstić information content (AvgIpc) is 2.36. The predicted molar refractivity (Wildman–Crippen MR) is 66.7 cm³/mol. The van der Waals surface area contributed by atoms with Gasteiger partial charge in [0, 0.05) is 9.86 Å². The van der Waals surface area contributed by atoms with Crippen molar-refractivity contribution in [1.29, 1.82) is 0 Å². The Morgan fingerprint density at radius 3 is 2.88 bits per heavy atom. The third-order valence-corrected chi connectivity index (χ3v) is 2.91. The molecular formula is C12H10BrNO3. The summed E-state index contributed by atoms with van der Waals surface area (Å²) in [6.45, 7) is -0.153. The van der Waals surface area contributed by atoms with E-state index in [1.54, 1.807) is 12.1 Å². The number of methoxy groups -OCH3 is 1. The second-order valence-electron chi connectivity index (χ2n) is 3.48. The molecule has 0 amide bonds. The standard InChI is InChI=1S/C12H10BrNO3/c1-17-12(16)11-4-7(6-15)9-5-8(13)2-3-10(9)14-11/h2-5,15H,6H2,1H3. The summed E-state index contributed by atoms with van der Waals surface area (Å²) in [6, 6.07) is 7.01. The average molecular weight is 296 g/mol. The van der Waals surface area contributed by atoms with Gasteiger partial charge < -0.3 is 9.84 Å². The van der Waals surface area contributed by atoms with Gasteiger partial charge in [0.1, 0.15) is 5.69 Å². The molecule has 17 heavy (non-hydrogen) atoms. The molecule has 0 atom stereocenters. The molecule has 1 N–H and O–H groups in total. The molecule has 1 heterocycles. The number of aliphatic hydroxyl groups is 1. The molecule has 4 nitrogen and oxygen atoms in total. The van der Waals surface area contributed by atoms with E-state index in [0.29, 0.717) is 11.1 Å². The van der Waals surface area contributed by atoms with Crippen molar-refractivity contribution in [2.75, 3.05) is 7.11 Å². The molecule has 0 unspecified atom stereocenters. The molecule has 2 rings (SSSR count). The Kier molecular flexibility index (Phi) is 3.40. The molecule has 0 saturated carbocycles. The fourth-order valence-electron chi connectivity index (χ4n) is 1.61. The maximum Gasteiger partial charge on any atom is 0.356 e. The smallest absolute Gasteiger partial charge is 0.356 e. The van der Waals surface area contributed by atoms with Gasteiger partial charge in [0.05, 0.1) is 19.2 Å². The fraction of sp³-hybridized carbons (Fsp3) is 0.167. The number of aromatic nitrogens is 1. The largest absolute Gasteiger partial charge is 0.464 e. The molecule has 0 radical (unpaired) electrons. The molecule has 0 saturated heterocycles. The highest BCUT2D eigenvalue weighted by Gasteiger charge is 2.11. The fourth-order valence-corrected chi connectivity index (χ4v) is 1.97. The summed E-state index contributed by atoms with van der Waals surface area (Å²) in [6.07, 6.45) is 0. The van der Waals surface area contributed by atoms with Crippen molar-refractivity contribution < 1.29 is 14.6 Å². The molecule has 0 aliphatic rings. The molecule has 1 aromatic carbocycles. The van der Waals surface area contributed by atoms with Gasteiger partial charge in [-0.25, -0.2) is 9.78 Å². The van der Waals surface area contributed by atoms with E-state index in [9.17, 15) is 9.90 Å². The van der Waals surface area contributed by atoms with Crippen LogP contribution in [-0.2, 0) is 11.3 Å². The maximum absolute atomic E-state index is 11.4. The number of esters is 1. The van der Waals surface area contributed by atoms with Gasteiger partial charge >= 0.3 is 5.97 Å². The number of halogens is 1. The summed E-state index contributed by atoms with van der Waals surface area (Å²) in [5.74, 6) is -0.510. The number of carbonyl (C=O) groups is 1. The van der Waals surface area contributed by atoms with Crippen molar-refractivity contribution in [2.45, 2.75) is 6.61 Å². The zero-order valence-electron chi connectivity index (χ0n) is 9.11. The van der Waals surface area contributed by atoms with Gasteiger partial charge in [-0.2, -0.15) is 0 Å². The lowest BCUT2D eigenvalue weighted by Crippen LogP contribution is -2.06. The number of benzene rings is 1. The summed E-state index contributed by atoms with van der Waals surface area (Å²) < 4.78 is 5.51. The predicted octanol–water partition coefficient (Wildman–Crippen LogP) is 2.28. The highest BCUT2D eigenvalue weighted by atomic mass is 79.9. The minimum absolute atomic E-state index is 0.153. The molecule has 5 heteroatoms. The molecule has 0 spiro atoms. The SMILES string of the molecule is COC(=O)c1cc(CO)c2cc(Br)ccc2n1. The lowest BCUT2D eigenvalue weighted by Gasteiger charge is -2.07. The Morgan fingerprint density at radius 1 is 1.47 bits per heavy atom. The summed E-state index contributed by atoms with van der Waals surface area (Å²) in [5, 5.41) is 10.1. The minimum atomic E-state index is -0.510. The Hall–Kier alpha value is -1.46. The van der Waals surface area contributed by atoms with E-state index < -0.39 is 5.97 Å². The molecule has 0 aliphatic heterocycles. The Bertz CT molecular complexity index is 583. The van der Waals surface area contributed by atoms with Crippen molar-refractivity contribution in [3.63, 3.8) is 0 Å². The van der Waals surface area contributed by atoms with Gasteiger partial charge in [0.2, 0.25) is 0 Å². The zero-order valence-corrected chi connectivity index (χ0v) is 10.7. The van der Waals surface area contributed by atoms with Gasteiger partial charge in [-0.1, -0.05) is 15.9 Å². The van der Waals surface area contributed by atoms with Crippen molar-refractivity contribution >= 4 is 32.8 Å². The quantitative estimate of drug-likeness (QED) is 0.864. The summed E-state index contributed by atoms with van der Waals surface area (Å²) >= 11 is 3.36. The molecule has 1 aromatic heterocycles. The summed E-state index contributed by atoms with van der Waals surface area (Å²) in [7, 11) is 1.30. The zero-order chi connectivity index (χ0) is 12.4. The Morgan fingerprint density at radius 2 is 2.24 bits per heavy atom. The van der Waals surface area contributed by atoms with Gasteiger partial charge in [-0.05, 0) is 29.8 Å². The first-order valence-corrected chi connectivity index (χ1v) is 5.73. The van der Waals surface area contributed by atoms with Crippen LogP contribution in [0, 0.1) is 0 Å². The van der Waals surface area contributed by atoms with Crippen LogP contribution in [0.25, 0.3) is 10.9 Å². The first-order chi connectivity index (χ1) is 8.15. The van der Waals surface area contributed by atoms with E-state index in [1.807, 2.05) is 12.1 Å². The van der Waals surface area contributed by atoms with E-state index >= 15 is 0 Å². The van der Waals surface area contributed by atoms with Crippen LogP contribution < -0.4 is 0 Å². The molecule has 0 bridgehead atoms. The summed E-state index contributed by atoms with van der Waals surface area (Å²) in [4.78, 5) is 15.6. The number of hydrogen-bond acceptors (Lipinski definition) is 4. The number of ether oxygens (including phenoxy) is 1. The number of fused-ring (bicyclic) bond motifs is 1. The lowest BCUT2D eigenvalue weighted by molar-refractivity contribution is 0.0594. The van der Waals surface area contributed by atoms with E-state index in [-0.39, 0.29) is 12.3 Å². The first kappa shape index (κ1) is 12.0. The normalized spacial score (nSPS) is 10.5. The first-order valence-electron chi connectivity index (χ1n) is 4.94. The summed E-state index contributed by atoms with van der Waals surface area (Å²) in [5.41, 5.74) is 1.50. The number of aliphatic hydroxyl groups excluding tert-OH is 1. The molecule has 2 aromatic rings. The van der Waals surface area contributed by atoms with E-state index in [1.165, 1.54) is 7.11 Å². The molecular weight excluding hydrogens is 286 g/mol. The second kappa shape index (κ2) is 4.81. The lowest BCUT2D eigenvalue weighted by atomic mass is 10.1. The highest BCUT2D eigenvalue weighted by Crippen LogP contribution is 2.23. The van der Waals surface area contributed by atoms with Gasteiger partial charge in [0.15, 0.2) is 0 Å². The van der Waals surface area contributed by atoms with Gasteiger partial charge in [-0.15, -0.1) is 0 Å². The molecule has 88 valence electrons. The number of nitrogens with zero attached hydrogens (tertiary/aromatic N) is 1. The number of carbonyl (C=O) groups excluding carboxylic acids is 1. The van der Waals surface area contributed by atoms with Crippen molar-refractivity contribution in [3.8, 4) is 0 Å². The highest BCUT2D eigenvalue weighted by molar-refractivity contribution is 9.10. The van der Waals surface area contributed by atoms with Crippen LogP contribution in [-0.4, -0.2) is 23.2 Å². The monoisotopic (exact) mass is 295 g/mol. The Balaban J connectivity index is 2.70. The second-order valence-corrected chi connectivity index (χ2v) is 4.39. The van der Waals surface area contributed by atoms with Crippen molar-refractivity contribution in [1.82, 2.24) is 4.98 Å².